The lowest BCUT2D eigenvalue weighted by Crippen LogP contribution is -2.39. The molecule has 0 spiro atoms. The molecule has 1 aromatic heterocycles. The first-order valence-electron chi connectivity index (χ1n) is 11.1. The molecule has 32 heavy (non-hydrogen) atoms. The molecule has 0 bridgehead atoms. The van der Waals surface area contributed by atoms with Gasteiger partial charge in [0.2, 0.25) is 0 Å². The molecule has 0 amide bonds. The monoisotopic (exact) mass is 471 g/mol. The zero-order valence-electron chi connectivity index (χ0n) is 18.2. The smallest absolute Gasteiger partial charge is 0.140 e. The number of aromatic nitrogens is 2. The Morgan fingerprint density at radius 2 is 1.94 bits per heavy atom. The first-order chi connectivity index (χ1) is 15.4. The van der Waals surface area contributed by atoms with Crippen molar-refractivity contribution in [2.75, 3.05) is 13.1 Å². The SMILES string of the molecule is CC(C)c1nccn1-c1ccc(O[C@H]2c3cc(Cl)cc(Cl)c3C[C@@H]2N2CCC(O)C2)cc1. The Bertz CT molecular complexity index is 1110. The third-order valence-electron chi connectivity index (χ3n) is 6.49. The highest BCUT2D eigenvalue weighted by molar-refractivity contribution is 6.35. The van der Waals surface area contributed by atoms with Crippen molar-refractivity contribution in [1.82, 2.24) is 14.5 Å². The van der Waals surface area contributed by atoms with Crippen LogP contribution in [0.1, 0.15) is 49.2 Å². The Morgan fingerprint density at radius 1 is 1.16 bits per heavy atom. The van der Waals surface area contributed by atoms with Crippen LogP contribution in [0.2, 0.25) is 10.0 Å². The van der Waals surface area contributed by atoms with Crippen LogP contribution in [-0.2, 0) is 6.42 Å². The van der Waals surface area contributed by atoms with Crippen LogP contribution >= 0.6 is 23.2 Å². The van der Waals surface area contributed by atoms with Crippen LogP contribution in [0.3, 0.4) is 0 Å². The number of nitrogens with zero attached hydrogens (tertiary/aromatic N) is 3. The summed E-state index contributed by atoms with van der Waals surface area (Å²) in [5, 5.41) is 11.4. The Hall–Kier alpha value is -2.05. The molecule has 1 saturated heterocycles. The van der Waals surface area contributed by atoms with E-state index in [1.54, 1.807) is 6.07 Å². The highest BCUT2D eigenvalue weighted by Gasteiger charge is 2.41. The maximum absolute atomic E-state index is 10.1. The minimum atomic E-state index is -0.289. The van der Waals surface area contributed by atoms with Gasteiger partial charge in [0, 0.05) is 52.7 Å². The number of fused-ring (bicyclic) bond motifs is 1. The summed E-state index contributed by atoms with van der Waals surface area (Å²) in [6, 6.07) is 12.0. The van der Waals surface area contributed by atoms with Crippen LogP contribution in [0.25, 0.3) is 5.69 Å². The minimum Gasteiger partial charge on any atom is -0.484 e. The zero-order valence-corrected chi connectivity index (χ0v) is 19.7. The highest BCUT2D eigenvalue weighted by atomic mass is 35.5. The fourth-order valence-corrected chi connectivity index (χ4v) is 5.53. The second-order valence-corrected chi connectivity index (χ2v) is 9.85. The van der Waals surface area contributed by atoms with E-state index in [1.165, 1.54) is 0 Å². The largest absolute Gasteiger partial charge is 0.484 e. The summed E-state index contributed by atoms with van der Waals surface area (Å²) in [4.78, 5) is 6.79. The van der Waals surface area contributed by atoms with Crippen LogP contribution in [-0.4, -0.2) is 44.8 Å². The third kappa shape index (κ3) is 4.03. The second kappa shape index (κ2) is 8.71. The number of aliphatic hydroxyl groups excluding tert-OH is 1. The molecule has 5 nitrogen and oxygen atoms in total. The van der Waals surface area contributed by atoms with Gasteiger partial charge in [0.1, 0.15) is 17.7 Å². The number of rotatable bonds is 5. The predicted molar refractivity (Wildman–Crippen MR) is 127 cm³/mol. The molecule has 2 aliphatic rings. The number of imidazole rings is 1. The number of aliphatic hydroxyl groups is 1. The van der Waals surface area contributed by atoms with Crippen molar-refractivity contribution in [1.29, 1.82) is 0 Å². The minimum absolute atomic E-state index is 0.110. The van der Waals surface area contributed by atoms with Crippen molar-refractivity contribution in [3.05, 3.63) is 75.8 Å². The maximum atomic E-state index is 10.1. The van der Waals surface area contributed by atoms with E-state index < -0.39 is 0 Å². The molecular weight excluding hydrogens is 445 g/mol. The maximum Gasteiger partial charge on any atom is 0.140 e. The van der Waals surface area contributed by atoms with Crippen LogP contribution in [0.5, 0.6) is 5.75 Å². The van der Waals surface area contributed by atoms with Crippen LogP contribution in [0.4, 0.5) is 0 Å². The standard InChI is InChI=1S/C25H27Cl2N3O2/c1-15(2)25-28-8-10-30(25)17-3-5-19(6-4-17)32-24-21-11-16(26)12-22(27)20(21)13-23(24)29-9-7-18(31)14-29/h3-6,8,10-12,15,18,23-24,31H,7,9,13-14H2,1-2H3/t18?,23-,24-/m0/s1. The first-order valence-corrected chi connectivity index (χ1v) is 11.9. The van der Waals surface area contributed by atoms with Gasteiger partial charge in [-0.25, -0.2) is 4.98 Å². The summed E-state index contributed by atoms with van der Waals surface area (Å²) in [7, 11) is 0. The molecule has 1 aliphatic carbocycles. The molecule has 7 heteroatoms. The van der Waals surface area contributed by atoms with Crippen molar-refractivity contribution < 1.29 is 9.84 Å². The number of benzene rings is 2. The van der Waals surface area contributed by atoms with Gasteiger partial charge in [-0.3, -0.25) is 4.90 Å². The van der Waals surface area contributed by atoms with Crippen molar-refractivity contribution in [2.24, 2.45) is 0 Å². The van der Waals surface area contributed by atoms with E-state index >= 15 is 0 Å². The number of hydrogen-bond donors (Lipinski definition) is 1. The predicted octanol–water partition coefficient (Wildman–Crippen LogP) is 5.41. The molecule has 0 radical (unpaired) electrons. The Labute approximate surface area is 198 Å². The van der Waals surface area contributed by atoms with E-state index in [1.807, 2.05) is 30.6 Å². The highest BCUT2D eigenvalue weighted by Crippen LogP contribution is 2.43. The number of halogens is 2. The van der Waals surface area contributed by atoms with Crippen LogP contribution < -0.4 is 4.74 Å². The van der Waals surface area contributed by atoms with E-state index in [4.69, 9.17) is 27.9 Å². The van der Waals surface area contributed by atoms with Gasteiger partial charge in [0.05, 0.1) is 12.1 Å². The lowest BCUT2D eigenvalue weighted by molar-refractivity contribution is 0.0818. The summed E-state index contributed by atoms with van der Waals surface area (Å²) >= 11 is 12.9. The Kier molecular flexibility index (Phi) is 5.93. The first kappa shape index (κ1) is 21.8. The van der Waals surface area contributed by atoms with Crippen LogP contribution in [0, 0.1) is 0 Å². The number of hydrogen-bond acceptors (Lipinski definition) is 4. The van der Waals surface area contributed by atoms with Gasteiger partial charge in [0.25, 0.3) is 0 Å². The zero-order chi connectivity index (χ0) is 22.4. The molecule has 1 unspecified atom stereocenters. The van der Waals surface area contributed by atoms with Crippen LogP contribution in [0.15, 0.2) is 48.8 Å². The lowest BCUT2D eigenvalue weighted by atomic mass is 10.1. The van der Waals surface area contributed by atoms with Gasteiger partial charge in [-0.05, 0) is 54.8 Å². The van der Waals surface area contributed by atoms with Gasteiger partial charge in [-0.15, -0.1) is 0 Å². The molecule has 0 saturated carbocycles. The molecule has 2 aromatic carbocycles. The molecule has 2 heterocycles. The van der Waals surface area contributed by atoms with Crippen molar-refractivity contribution in [3.63, 3.8) is 0 Å². The van der Waals surface area contributed by atoms with E-state index in [-0.39, 0.29) is 18.2 Å². The average molecular weight is 472 g/mol. The van der Waals surface area contributed by atoms with Crippen molar-refractivity contribution in [2.45, 2.75) is 50.9 Å². The number of likely N-dealkylation sites (tertiary alicyclic amines) is 1. The average Bonchev–Trinajstić information content (AvgIpc) is 3.48. The summed E-state index contributed by atoms with van der Waals surface area (Å²) in [5.41, 5.74) is 3.18. The van der Waals surface area contributed by atoms with Gasteiger partial charge < -0.3 is 14.4 Å². The molecule has 1 aliphatic heterocycles. The quantitative estimate of drug-likeness (QED) is 0.539. The summed E-state index contributed by atoms with van der Waals surface area (Å²) in [6.45, 7) is 5.78. The van der Waals surface area contributed by atoms with E-state index in [2.05, 4.69) is 40.4 Å². The topological polar surface area (TPSA) is 50.5 Å². The summed E-state index contributed by atoms with van der Waals surface area (Å²) < 4.78 is 8.66. The van der Waals surface area contributed by atoms with Gasteiger partial charge in [-0.1, -0.05) is 37.0 Å². The fraction of sp³-hybridized carbons (Fsp3) is 0.400. The summed E-state index contributed by atoms with van der Waals surface area (Å²) in [6.07, 6.45) is 4.90. The van der Waals surface area contributed by atoms with E-state index in [9.17, 15) is 5.11 Å². The number of β-amino-alcohol motifs (C(OH)–C–C–N with tert-alkyl or cyclic N) is 1. The van der Waals surface area contributed by atoms with Gasteiger partial charge in [0.15, 0.2) is 0 Å². The molecular formula is C25H27Cl2N3O2. The molecule has 3 atom stereocenters. The van der Waals surface area contributed by atoms with Crippen molar-refractivity contribution in [3.8, 4) is 11.4 Å². The lowest BCUT2D eigenvalue weighted by Gasteiger charge is -2.30. The summed E-state index contributed by atoms with van der Waals surface area (Å²) in [5.74, 6) is 2.15. The third-order valence-corrected chi connectivity index (χ3v) is 7.05. The second-order valence-electron chi connectivity index (χ2n) is 9.01. The molecule has 5 rings (SSSR count). The van der Waals surface area contributed by atoms with E-state index in [0.717, 1.165) is 47.8 Å². The van der Waals surface area contributed by atoms with Crippen molar-refractivity contribution >= 4 is 23.2 Å². The van der Waals surface area contributed by atoms with Gasteiger partial charge >= 0.3 is 0 Å². The molecule has 3 aromatic rings. The molecule has 1 N–H and O–H groups in total. The Balaban J connectivity index is 1.44. The normalized spacial score (nSPS) is 23.1. The van der Waals surface area contributed by atoms with Gasteiger partial charge in [-0.2, -0.15) is 0 Å². The number of ether oxygens (including phenoxy) is 1. The molecule has 168 valence electrons. The Morgan fingerprint density at radius 3 is 2.62 bits per heavy atom. The van der Waals surface area contributed by atoms with E-state index in [0.29, 0.717) is 22.5 Å². The molecule has 1 fully saturated rings. The fourth-order valence-electron chi connectivity index (χ4n) is 4.94.